The van der Waals surface area contributed by atoms with Crippen molar-refractivity contribution in [3.63, 3.8) is 0 Å². The third-order valence-electron chi connectivity index (χ3n) is 6.39. The van der Waals surface area contributed by atoms with Crippen molar-refractivity contribution >= 4 is 0 Å². The quantitative estimate of drug-likeness (QED) is 0.371. The first-order valence-corrected chi connectivity index (χ1v) is 12.0. The number of rotatable bonds is 9. The van der Waals surface area contributed by atoms with Gasteiger partial charge >= 0.3 is 0 Å². The fourth-order valence-electron chi connectivity index (χ4n) is 4.12. The van der Waals surface area contributed by atoms with Crippen molar-refractivity contribution in [2.75, 3.05) is 0 Å². The van der Waals surface area contributed by atoms with E-state index in [4.69, 9.17) is 9.51 Å². The molecule has 0 bridgehead atoms. The molecule has 3 heterocycles. The van der Waals surface area contributed by atoms with Gasteiger partial charge in [0.2, 0.25) is 0 Å². The molecule has 0 saturated heterocycles. The topological polar surface area (TPSA) is 85.8 Å². The molecule has 0 amide bonds. The van der Waals surface area contributed by atoms with Crippen LogP contribution in [0.3, 0.4) is 0 Å². The first-order valence-electron chi connectivity index (χ1n) is 12.0. The first kappa shape index (κ1) is 22.2. The van der Waals surface area contributed by atoms with Gasteiger partial charge in [0.25, 0.3) is 5.56 Å². The fourth-order valence-corrected chi connectivity index (χ4v) is 4.12. The van der Waals surface area contributed by atoms with Crippen LogP contribution in [0.4, 0.5) is 0 Å². The molecule has 7 heteroatoms. The molecule has 4 aromatic rings. The van der Waals surface area contributed by atoms with Crippen LogP contribution in [0.2, 0.25) is 0 Å². The van der Waals surface area contributed by atoms with Crippen LogP contribution in [0.25, 0.3) is 34.0 Å². The summed E-state index contributed by atoms with van der Waals surface area (Å²) in [5.74, 6) is 0.553. The van der Waals surface area contributed by atoms with Crippen LogP contribution in [0.5, 0.6) is 0 Å². The lowest BCUT2D eigenvalue weighted by atomic mass is 10.1. The summed E-state index contributed by atoms with van der Waals surface area (Å²) < 4.78 is 7.40. The summed E-state index contributed by atoms with van der Waals surface area (Å²) in [5, 5.41) is 7.77. The van der Waals surface area contributed by atoms with Crippen LogP contribution in [-0.2, 0) is 6.54 Å². The number of hydrogen-bond acceptors (Lipinski definition) is 6. The van der Waals surface area contributed by atoms with E-state index >= 15 is 0 Å². The average Bonchev–Trinajstić information content (AvgIpc) is 3.58. The van der Waals surface area contributed by atoms with E-state index in [0.29, 0.717) is 23.2 Å². The van der Waals surface area contributed by atoms with Gasteiger partial charge in [-0.3, -0.25) is 9.78 Å². The number of nitrogens with one attached hydrogen (secondary N) is 1. The minimum Gasteiger partial charge on any atom is -0.354 e. The monoisotopic (exact) mass is 455 g/mol. The minimum absolute atomic E-state index is 0.00391. The van der Waals surface area contributed by atoms with Gasteiger partial charge < -0.3 is 14.4 Å². The SMILES string of the molecule is CCC(CC)n1cc(-c2cncc(-c3cc(-c4ccc(CNC5CC5)cc4)no3)n2)ccc1=O. The van der Waals surface area contributed by atoms with E-state index < -0.39 is 0 Å². The van der Waals surface area contributed by atoms with Crippen LogP contribution in [-0.4, -0.2) is 25.7 Å². The highest BCUT2D eigenvalue weighted by Gasteiger charge is 2.20. The summed E-state index contributed by atoms with van der Waals surface area (Å²) in [6.45, 7) is 5.07. The molecule has 3 aromatic heterocycles. The van der Waals surface area contributed by atoms with E-state index in [-0.39, 0.29) is 11.6 Å². The van der Waals surface area contributed by atoms with Crippen molar-refractivity contribution in [3.05, 3.63) is 77.0 Å². The molecule has 34 heavy (non-hydrogen) atoms. The molecule has 0 aliphatic heterocycles. The molecular weight excluding hydrogens is 426 g/mol. The summed E-state index contributed by atoms with van der Waals surface area (Å²) in [6.07, 6.45) is 9.59. The third-order valence-corrected chi connectivity index (χ3v) is 6.39. The largest absolute Gasteiger partial charge is 0.354 e. The maximum atomic E-state index is 12.4. The van der Waals surface area contributed by atoms with Crippen molar-refractivity contribution in [3.8, 4) is 34.0 Å². The summed E-state index contributed by atoms with van der Waals surface area (Å²) in [7, 11) is 0. The van der Waals surface area contributed by atoms with E-state index in [1.165, 1.54) is 18.4 Å². The Hall–Kier alpha value is -3.58. The second-order valence-corrected chi connectivity index (χ2v) is 8.85. The second kappa shape index (κ2) is 9.73. The molecule has 1 aliphatic rings. The van der Waals surface area contributed by atoms with E-state index in [1.807, 2.05) is 12.3 Å². The number of pyridine rings is 1. The Morgan fingerprint density at radius 3 is 2.47 bits per heavy atom. The molecule has 174 valence electrons. The van der Waals surface area contributed by atoms with Gasteiger partial charge in [0.1, 0.15) is 11.4 Å². The second-order valence-electron chi connectivity index (χ2n) is 8.85. The molecule has 0 spiro atoms. The zero-order valence-electron chi connectivity index (χ0n) is 19.6. The van der Waals surface area contributed by atoms with Gasteiger partial charge in [-0.25, -0.2) is 4.98 Å². The van der Waals surface area contributed by atoms with Gasteiger partial charge in [0.15, 0.2) is 5.76 Å². The van der Waals surface area contributed by atoms with Crippen molar-refractivity contribution in [2.24, 2.45) is 0 Å². The Labute approximate surface area is 198 Å². The molecule has 5 rings (SSSR count). The van der Waals surface area contributed by atoms with Crippen LogP contribution in [0, 0.1) is 0 Å². The van der Waals surface area contributed by atoms with E-state index in [1.54, 1.807) is 29.1 Å². The lowest BCUT2D eigenvalue weighted by molar-refractivity contribution is 0.433. The Bertz CT molecular complexity index is 1320. The minimum atomic E-state index is -0.00391. The molecule has 7 nitrogen and oxygen atoms in total. The smallest absolute Gasteiger partial charge is 0.250 e. The van der Waals surface area contributed by atoms with Gasteiger partial charge in [0, 0.05) is 48.1 Å². The fraction of sp³-hybridized carbons (Fsp3) is 0.333. The Morgan fingerprint density at radius 1 is 1.00 bits per heavy atom. The summed E-state index contributed by atoms with van der Waals surface area (Å²) >= 11 is 0. The van der Waals surface area contributed by atoms with Gasteiger partial charge in [0.05, 0.1) is 18.1 Å². The molecule has 0 atom stereocenters. The average molecular weight is 456 g/mol. The highest BCUT2D eigenvalue weighted by atomic mass is 16.5. The van der Waals surface area contributed by atoms with Crippen LogP contribution >= 0.6 is 0 Å². The zero-order valence-corrected chi connectivity index (χ0v) is 19.6. The number of nitrogens with zero attached hydrogens (tertiary/aromatic N) is 4. The number of hydrogen-bond donors (Lipinski definition) is 1. The molecular formula is C27H29N5O2. The van der Waals surface area contributed by atoms with Crippen molar-refractivity contribution in [2.45, 2.75) is 58.2 Å². The van der Waals surface area contributed by atoms with Gasteiger partial charge in [-0.2, -0.15) is 0 Å². The Kier molecular flexibility index (Phi) is 6.36. The van der Waals surface area contributed by atoms with Crippen LogP contribution in [0.1, 0.15) is 51.1 Å². The van der Waals surface area contributed by atoms with E-state index in [9.17, 15) is 4.79 Å². The first-order chi connectivity index (χ1) is 16.6. The van der Waals surface area contributed by atoms with Crippen LogP contribution in [0.15, 0.2) is 70.4 Å². The summed E-state index contributed by atoms with van der Waals surface area (Å²) in [6, 6.07) is 14.5. The van der Waals surface area contributed by atoms with E-state index in [2.05, 4.69) is 53.6 Å². The lowest BCUT2D eigenvalue weighted by Gasteiger charge is -2.17. The number of benzene rings is 1. The van der Waals surface area contributed by atoms with Crippen molar-refractivity contribution in [1.82, 2.24) is 25.0 Å². The third kappa shape index (κ3) is 4.84. The molecule has 1 aliphatic carbocycles. The Balaban J connectivity index is 1.37. The van der Waals surface area contributed by atoms with Gasteiger partial charge in [-0.15, -0.1) is 0 Å². The van der Waals surface area contributed by atoms with Crippen molar-refractivity contribution in [1.29, 1.82) is 0 Å². The van der Waals surface area contributed by atoms with Gasteiger partial charge in [-0.05, 0) is 37.3 Å². The standard InChI is InChI=1S/C27H29N5O2/c1-3-22(4-2)32-17-20(9-12-27(32)33)24-15-28-16-25(30-24)26-13-23(31-34-26)19-7-5-18(6-8-19)14-29-21-10-11-21/h5-9,12-13,15-17,21-22,29H,3-4,10-11,14H2,1-2H3. The van der Waals surface area contributed by atoms with Crippen LogP contribution < -0.4 is 10.9 Å². The normalized spacial score (nSPS) is 13.5. The maximum absolute atomic E-state index is 12.4. The highest BCUT2D eigenvalue weighted by molar-refractivity contribution is 5.66. The molecule has 0 unspecified atom stereocenters. The zero-order chi connectivity index (χ0) is 23.5. The lowest BCUT2D eigenvalue weighted by Crippen LogP contribution is -2.23. The van der Waals surface area contributed by atoms with Crippen molar-refractivity contribution < 1.29 is 4.52 Å². The molecule has 1 fully saturated rings. The predicted molar refractivity (Wildman–Crippen MR) is 132 cm³/mol. The summed E-state index contributed by atoms with van der Waals surface area (Å²) in [4.78, 5) is 21.5. The predicted octanol–water partition coefficient (Wildman–Crippen LogP) is 5.24. The molecule has 1 saturated carbocycles. The summed E-state index contributed by atoms with van der Waals surface area (Å²) in [5.41, 5.74) is 5.13. The molecule has 0 radical (unpaired) electrons. The highest BCUT2D eigenvalue weighted by Crippen LogP contribution is 2.27. The molecule has 1 N–H and O–H groups in total. The molecule has 1 aromatic carbocycles. The number of aromatic nitrogens is 4. The maximum Gasteiger partial charge on any atom is 0.250 e. The van der Waals surface area contributed by atoms with Gasteiger partial charge in [-0.1, -0.05) is 43.3 Å². The van der Waals surface area contributed by atoms with E-state index in [0.717, 1.165) is 36.2 Å². The Morgan fingerprint density at radius 2 is 1.74 bits per heavy atom.